The SMILES string of the molecule is CNc1ccccc1C(=O)n1c2ccccc2c(=O)n1-c1cccc(-c2ccc(N(c3ccc(-c4ccccc4)cc3)c3ccc4c(c3)C(C)(C)c3ccccc3-4)cc2)c1. The molecule has 0 unspecified atom stereocenters. The molecule has 0 bridgehead atoms. The van der Waals surface area contributed by atoms with Crippen LogP contribution in [-0.2, 0) is 5.41 Å². The maximum absolute atomic E-state index is 14.3. The maximum atomic E-state index is 14.3. The van der Waals surface area contributed by atoms with Crippen LogP contribution >= 0.6 is 0 Å². The lowest BCUT2D eigenvalue weighted by molar-refractivity contribution is 0.0942. The van der Waals surface area contributed by atoms with Gasteiger partial charge in [-0.05, 0) is 117 Å². The van der Waals surface area contributed by atoms with Crippen molar-refractivity contribution >= 4 is 39.6 Å². The Morgan fingerprint density at radius 3 is 1.87 bits per heavy atom. The van der Waals surface area contributed by atoms with E-state index in [1.54, 1.807) is 19.2 Å². The molecule has 6 nitrogen and oxygen atoms in total. The van der Waals surface area contributed by atoms with Crippen molar-refractivity contribution in [2.24, 2.45) is 0 Å². The molecule has 1 N–H and O–H groups in total. The van der Waals surface area contributed by atoms with Crippen molar-refractivity contribution in [3.8, 4) is 39.1 Å². The van der Waals surface area contributed by atoms with Gasteiger partial charge >= 0.3 is 0 Å². The van der Waals surface area contributed by atoms with E-state index < -0.39 is 0 Å². The molecule has 6 heteroatoms. The molecule has 1 aliphatic rings. The van der Waals surface area contributed by atoms with Gasteiger partial charge in [0.1, 0.15) is 0 Å². The smallest absolute Gasteiger partial charge is 0.279 e. The van der Waals surface area contributed by atoms with Crippen LogP contribution in [-0.4, -0.2) is 22.3 Å². The fourth-order valence-electron chi connectivity index (χ4n) is 8.92. The fraction of sp³-hybridized carbons (Fsp3) is 0.0741. The number of aromatic nitrogens is 2. The van der Waals surface area contributed by atoms with Gasteiger partial charge in [-0.1, -0.05) is 135 Å². The number of nitrogens with one attached hydrogen (secondary N) is 1. The molecule has 0 saturated carbocycles. The Morgan fingerprint density at radius 2 is 1.12 bits per heavy atom. The van der Waals surface area contributed by atoms with Crippen molar-refractivity contribution in [2.45, 2.75) is 19.3 Å². The zero-order valence-electron chi connectivity index (χ0n) is 33.6. The maximum Gasteiger partial charge on any atom is 0.279 e. The molecule has 8 aromatic carbocycles. The van der Waals surface area contributed by atoms with Crippen LogP contribution in [0.1, 0.15) is 35.3 Å². The van der Waals surface area contributed by atoms with Gasteiger partial charge in [0, 0.05) is 35.2 Å². The van der Waals surface area contributed by atoms with Gasteiger partial charge < -0.3 is 10.2 Å². The highest BCUT2D eigenvalue weighted by Crippen LogP contribution is 2.50. The summed E-state index contributed by atoms with van der Waals surface area (Å²) >= 11 is 0. The van der Waals surface area contributed by atoms with Crippen molar-refractivity contribution in [1.29, 1.82) is 0 Å². The van der Waals surface area contributed by atoms with Crippen LogP contribution in [0.5, 0.6) is 0 Å². The summed E-state index contributed by atoms with van der Waals surface area (Å²) < 4.78 is 2.99. The second-order valence-electron chi connectivity index (χ2n) is 15.8. The Hall–Kier alpha value is -7.70. The molecular formula is C54H42N4O2. The molecule has 0 aliphatic heterocycles. The van der Waals surface area contributed by atoms with Crippen LogP contribution in [0.2, 0.25) is 0 Å². The minimum Gasteiger partial charge on any atom is -0.387 e. The Labute approximate surface area is 349 Å². The first kappa shape index (κ1) is 36.6. The summed E-state index contributed by atoms with van der Waals surface area (Å²) in [5, 5.41) is 3.60. The van der Waals surface area contributed by atoms with Crippen LogP contribution in [0.15, 0.2) is 199 Å². The molecule has 1 aromatic heterocycles. The molecular weight excluding hydrogens is 737 g/mol. The Kier molecular flexibility index (Phi) is 8.91. The fourth-order valence-corrected chi connectivity index (χ4v) is 8.92. The average Bonchev–Trinajstić information content (AvgIpc) is 3.73. The van der Waals surface area contributed by atoms with Crippen LogP contribution in [0, 0.1) is 0 Å². The highest BCUT2D eigenvalue weighted by Gasteiger charge is 2.35. The highest BCUT2D eigenvalue weighted by atomic mass is 16.2. The lowest BCUT2D eigenvalue weighted by Crippen LogP contribution is -2.27. The highest BCUT2D eigenvalue weighted by molar-refractivity contribution is 6.05. The van der Waals surface area contributed by atoms with Crippen LogP contribution in [0.4, 0.5) is 22.7 Å². The predicted octanol–water partition coefficient (Wildman–Crippen LogP) is 12.6. The predicted molar refractivity (Wildman–Crippen MR) is 246 cm³/mol. The van der Waals surface area contributed by atoms with Gasteiger partial charge in [0.15, 0.2) is 0 Å². The zero-order chi connectivity index (χ0) is 41.0. The van der Waals surface area contributed by atoms with E-state index in [9.17, 15) is 9.59 Å². The normalized spacial score (nSPS) is 12.5. The minimum atomic E-state index is -0.302. The van der Waals surface area contributed by atoms with Gasteiger partial charge in [0.05, 0.1) is 22.2 Å². The molecule has 1 heterocycles. The number of para-hydroxylation sites is 2. The van der Waals surface area contributed by atoms with Gasteiger partial charge in [-0.25, -0.2) is 9.36 Å². The monoisotopic (exact) mass is 778 g/mol. The summed E-state index contributed by atoms with van der Waals surface area (Å²) in [6.07, 6.45) is 0. The summed E-state index contributed by atoms with van der Waals surface area (Å²) in [4.78, 5) is 30.8. The van der Waals surface area contributed by atoms with Gasteiger partial charge in [-0.3, -0.25) is 9.59 Å². The number of anilines is 4. The molecule has 0 radical (unpaired) electrons. The van der Waals surface area contributed by atoms with E-state index in [0.717, 1.165) is 33.8 Å². The van der Waals surface area contributed by atoms with Crippen molar-refractivity contribution < 1.29 is 4.79 Å². The van der Waals surface area contributed by atoms with E-state index in [0.29, 0.717) is 27.8 Å². The topological polar surface area (TPSA) is 59.3 Å². The van der Waals surface area contributed by atoms with E-state index in [4.69, 9.17) is 0 Å². The van der Waals surface area contributed by atoms with Crippen molar-refractivity contribution in [3.63, 3.8) is 0 Å². The first-order valence-electron chi connectivity index (χ1n) is 20.3. The second-order valence-corrected chi connectivity index (χ2v) is 15.8. The lowest BCUT2D eigenvalue weighted by atomic mass is 9.82. The number of hydrogen-bond acceptors (Lipinski definition) is 4. The van der Waals surface area contributed by atoms with Gasteiger partial charge in [0.2, 0.25) is 0 Å². The molecule has 0 spiro atoms. The largest absolute Gasteiger partial charge is 0.387 e. The third kappa shape index (κ3) is 6.04. The number of carbonyl (C=O) groups excluding carboxylic acids is 1. The third-order valence-corrected chi connectivity index (χ3v) is 12.0. The zero-order valence-corrected chi connectivity index (χ0v) is 33.6. The van der Waals surface area contributed by atoms with Gasteiger partial charge in [-0.2, -0.15) is 0 Å². The summed E-state index contributed by atoms with van der Waals surface area (Å²) in [7, 11) is 1.79. The van der Waals surface area contributed by atoms with Crippen molar-refractivity contribution in [1.82, 2.24) is 9.36 Å². The van der Waals surface area contributed by atoms with E-state index in [2.05, 4.69) is 139 Å². The molecule has 60 heavy (non-hydrogen) atoms. The molecule has 0 atom stereocenters. The van der Waals surface area contributed by atoms with Crippen LogP contribution in [0.25, 0.3) is 50.0 Å². The van der Waals surface area contributed by atoms with Crippen molar-refractivity contribution in [3.05, 3.63) is 221 Å². The summed E-state index contributed by atoms with van der Waals surface area (Å²) in [6.45, 7) is 4.63. The van der Waals surface area contributed by atoms with Crippen LogP contribution < -0.4 is 15.8 Å². The number of benzene rings is 8. The third-order valence-electron chi connectivity index (χ3n) is 12.0. The molecule has 290 valence electrons. The number of fused-ring (bicyclic) bond motifs is 4. The number of rotatable bonds is 8. The lowest BCUT2D eigenvalue weighted by Gasteiger charge is -2.28. The van der Waals surface area contributed by atoms with E-state index in [-0.39, 0.29) is 16.9 Å². The Bertz CT molecular complexity index is 3140. The van der Waals surface area contributed by atoms with Gasteiger partial charge in [-0.15, -0.1) is 0 Å². The summed E-state index contributed by atoms with van der Waals surface area (Å²) in [6, 6.07) is 65.8. The van der Waals surface area contributed by atoms with E-state index in [1.165, 1.54) is 37.2 Å². The Morgan fingerprint density at radius 1 is 0.533 bits per heavy atom. The van der Waals surface area contributed by atoms with E-state index in [1.807, 2.05) is 66.7 Å². The minimum absolute atomic E-state index is 0.145. The standard InChI is InChI=1S/C54H42N4O2/c1-54(2)48-21-10-7-18-44(48)45-33-32-42(35-49(45)54)56(40-28-24-37(25-29-40)36-14-5-4-6-15-36)41-30-26-38(27-31-41)39-16-13-17-43(34-39)57-53(60)47-20-9-12-23-51(47)58(57)52(59)46-19-8-11-22-50(46)55-3/h4-35,55H,1-3H3. The van der Waals surface area contributed by atoms with Gasteiger partial charge in [0.25, 0.3) is 11.5 Å². The molecule has 0 amide bonds. The number of nitrogens with zero attached hydrogens (tertiary/aromatic N) is 3. The number of carbonyl (C=O) groups is 1. The van der Waals surface area contributed by atoms with Crippen LogP contribution in [0.3, 0.4) is 0 Å². The summed E-state index contributed by atoms with van der Waals surface area (Å²) in [5.74, 6) is -0.302. The number of hydrogen-bond donors (Lipinski definition) is 1. The first-order chi connectivity index (χ1) is 29.3. The summed E-state index contributed by atoms with van der Waals surface area (Å²) in [5.41, 5.74) is 14.5. The second kappa shape index (κ2) is 14.6. The van der Waals surface area contributed by atoms with E-state index >= 15 is 0 Å². The molecule has 0 fully saturated rings. The average molecular weight is 779 g/mol. The molecule has 9 aromatic rings. The molecule has 1 aliphatic carbocycles. The Balaban J connectivity index is 1.05. The first-order valence-corrected chi connectivity index (χ1v) is 20.3. The van der Waals surface area contributed by atoms with Crippen molar-refractivity contribution in [2.75, 3.05) is 17.3 Å². The molecule has 0 saturated heterocycles. The molecule has 10 rings (SSSR count). The quantitative estimate of drug-likeness (QED) is 0.167.